The molecule has 8 N–H and O–H groups in total. The number of ether oxygens (including phenoxy) is 3. The molecule has 0 aliphatic rings. The lowest BCUT2D eigenvalue weighted by Crippen LogP contribution is -1.99. The Kier molecular flexibility index (Phi) is 13.5. The van der Waals surface area contributed by atoms with Crippen molar-refractivity contribution >= 4 is 84.0 Å². The van der Waals surface area contributed by atoms with Crippen LogP contribution in [0.2, 0.25) is 0 Å². The van der Waals surface area contributed by atoms with E-state index >= 15 is 0 Å². The van der Waals surface area contributed by atoms with Crippen molar-refractivity contribution in [1.29, 1.82) is 0 Å². The van der Waals surface area contributed by atoms with E-state index in [1.807, 2.05) is 0 Å². The van der Waals surface area contributed by atoms with Crippen molar-refractivity contribution in [3.05, 3.63) is 120 Å². The quantitative estimate of drug-likeness (QED) is 0.0285. The largest absolute Gasteiger partial charge is 0.507 e. The molecule has 0 saturated heterocycles. The van der Waals surface area contributed by atoms with Crippen LogP contribution in [-0.4, -0.2) is 71.8 Å². The van der Waals surface area contributed by atoms with Crippen molar-refractivity contribution in [2.45, 2.75) is 11.8 Å². The molecular weight excluding hydrogens is 919 g/mol. The molecule has 23 heteroatoms. The van der Waals surface area contributed by atoms with E-state index in [-0.39, 0.29) is 67.5 Å². The minimum absolute atomic E-state index is 0.0173. The minimum atomic E-state index is -5.10. The summed E-state index contributed by atoms with van der Waals surface area (Å²) in [6.45, 7) is 1.69. The van der Waals surface area contributed by atoms with Crippen molar-refractivity contribution < 1.29 is 62.3 Å². The number of aromatic hydroxyl groups is 3. The highest BCUT2D eigenvalue weighted by molar-refractivity contribution is 7.86. The number of fused-ring (bicyclic) bond motifs is 1. The summed E-state index contributed by atoms with van der Waals surface area (Å²) in [5, 5.41) is 83.1. The third-order valence-corrected chi connectivity index (χ3v) is 11.1. The van der Waals surface area contributed by atoms with Crippen LogP contribution in [0.1, 0.15) is 26.3 Å². The number of aromatic carboxylic acids is 2. The van der Waals surface area contributed by atoms with E-state index in [9.17, 15) is 48.1 Å². The molecule has 0 spiro atoms. The fourth-order valence-electron chi connectivity index (χ4n) is 6.66. The van der Waals surface area contributed by atoms with Crippen molar-refractivity contribution in [2.24, 2.45) is 40.9 Å². The fraction of sp³-hybridized carbons (Fsp3) is 0.0870. The number of hydrogen-bond donors (Lipinski definition) is 7. The van der Waals surface area contributed by atoms with Crippen molar-refractivity contribution in [3.63, 3.8) is 0 Å². The number of nitrogens with zero attached hydrogens (tertiary/aromatic N) is 8. The molecule has 350 valence electrons. The van der Waals surface area contributed by atoms with Gasteiger partial charge >= 0.3 is 11.9 Å². The summed E-state index contributed by atoms with van der Waals surface area (Å²) in [6.07, 6.45) is 0. The number of carboxylic acids is 2. The van der Waals surface area contributed by atoms with Gasteiger partial charge in [0.05, 0.1) is 44.1 Å². The topological polar surface area (TPSA) is 342 Å². The summed E-state index contributed by atoms with van der Waals surface area (Å²) in [6, 6.07) is 24.1. The smallest absolute Gasteiger partial charge is 0.339 e. The van der Waals surface area contributed by atoms with Crippen LogP contribution in [0.15, 0.2) is 149 Å². The highest BCUT2D eigenvalue weighted by Gasteiger charge is 2.25. The monoisotopic (exact) mass is 955 g/mol. The SMILES string of the molecule is COc1cc(-c2ccc(N=Nc3c(S(=O)(=O)O)cc4c(N=Nc5cc(C)c(N=Nc6ccc(O)c(C(=O)O)c6)cc5OC)c(N)ccc4c3O)c(OC)c2)ccc1N=Nc1ccc(O)c(C(=O)O)c1. The Hall–Kier alpha value is -9.35. The van der Waals surface area contributed by atoms with E-state index in [1.54, 1.807) is 43.3 Å². The first-order valence-electron chi connectivity index (χ1n) is 19.8. The summed E-state index contributed by atoms with van der Waals surface area (Å²) in [5.74, 6) is -3.56. The highest BCUT2D eigenvalue weighted by atomic mass is 32.2. The van der Waals surface area contributed by atoms with E-state index < -0.39 is 49.9 Å². The van der Waals surface area contributed by atoms with E-state index in [2.05, 4.69) is 40.9 Å². The molecule has 0 unspecified atom stereocenters. The lowest BCUT2D eigenvalue weighted by molar-refractivity contribution is 0.0682. The Labute approximate surface area is 390 Å². The van der Waals surface area contributed by atoms with Gasteiger partial charge in [-0.3, -0.25) is 4.55 Å². The van der Waals surface area contributed by atoms with Crippen LogP contribution < -0.4 is 19.9 Å². The minimum Gasteiger partial charge on any atom is -0.507 e. The van der Waals surface area contributed by atoms with Crippen molar-refractivity contribution in [3.8, 4) is 45.6 Å². The van der Waals surface area contributed by atoms with Crippen LogP contribution in [-0.2, 0) is 10.1 Å². The summed E-state index contributed by atoms with van der Waals surface area (Å²) >= 11 is 0. The molecule has 0 aromatic heterocycles. The van der Waals surface area contributed by atoms with Gasteiger partial charge in [0.15, 0.2) is 5.75 Å². The van der Waals surface area contributed by atoms with Gasteiger partial charge in [-0.05, 0) is 109 Å². The number of hydrogen-bond acceptors (Lipinski definition) is 19. The number of carboxylic acid groups (broad SMARTS) is 2. The van der Waals surface area contributed by atoms with Crippen LogP contribution in [0, 0.1) is 6.92 Å². The van der Waals surface area contributed by atoms with Crippen LogP contribution >= 0.6 is 0 Å². The molecule has 0 atom stereocenters. The molecule has 0 amide bonds. The Morgan fingerprint density at radius 1 is 0.522 bits per heavy atom. The molecule has 7 aromatic carbocycles. The number of aryl methyl sites for hydroxylation is 1. The third-order valence-electron chi connectivity index (χ3n) is 10.2. The Morgan fingerprint density at radius 2 is 1.00 bits per heavy atom. The number of rotatable bonds is 15. The molecule has 0 aliphatic carbocycles. The molecule has 7 aromatic rings. The van der Waals surface area contributed by atoms with Gasteiger partial charge in [-0.2, -0.15) is 23.8 Å². The number of anilines is 1. The van der Waals surface area contributed by atoms with Crippen molar-refractivity contribution in [2.75, 3.05) is 27.1 Å². The normalized spacial score (nSPS) is 11.9. The lowest BCUT2D eigenvalue weighted by atomic mass is 10.0. The first-order chi connectivity index (χ1) is 32.9. The zero-order valence-corrected chi connectivity index (χ0v) is 37.2. The number of phenols is 3. The zero-order chi connectivity index (χ0) is 49.7. The van der Waals surface area contributed by atoms with Gasteiger partial charge in [-0.15, -0.1) is 25.6 Å². The molecule has 0 saturated carbocycles. The second kappa shape index (κ2) is 19.6. The number of carbonyl (C=O) groups is 2. The molecule has 0 aliphatic heterocycles. The Balaban J connectivity index is 1.19. The molecule has 69 heavy (non-hydrogen) atoms. The standard InChI is InChI=1S/C46H37N9O13S/c1-22-15-35(40(68-4)21-34(22)52-49-26-8-14-37(57)30(19-26)46(61)62)53-54-42-28-20-41(69(63,64)65)43(44(58)27(28)9-10-31(42)47)55-51-33-12-6-24(17-39(33)67-3)23-5-11-32(38(16-23)66-2)50-48-25-7-13-36(56)29(18-25)45(59)60/h5-21,56-58H,47H2,1-4H3,(H,59,60)(H,61,62)(H,63,64,65). The molecule has 0 heterocycles. The number of phenolic OH excluding ortho intramolecular Hbond substituents is 1. The van der Waals surface area contributed by atoms with Crippen LogP contribution in [0.5, 0.6) is 34.5 Å². The van der Waals surface area contributed by atoms with E-state index in [4.69, 9.17) is 19.9 Å². The van der Waals surface area contributed by atoms with E-state index in [0.717, 1.165) is 12.1 Å². The van der Waals surface area contributed by atoms with Gasteiger partial charge in [0.25, 0.3) is 10.1 Å². The summed E-state index contributed by atoms with van der Waals surface area (Å²) in [4.78, 5) is 22.0. The van der Waals surface area contributed by atoms with Crippen LogP contribution in [0.25, 0.3) is 21.9 Å². The van der Waals surface area contributed by atoms with Gasteiger partial charge in [0.2, 0.25) is 0 Å². The number of benzene rings is 7. The van der Waals surface area contributed by atoms with Gasteiger partial charge in [0.1, 0.15) is 73.2 Å². The Morgan fingerprint density at radius 3 is 1.51 bits per heavy atom. The average molecular weight is 956 g/mol. The number of nitrogens with two attached hydrogens (primary N) is 1. The zero-order valence-electron chi connectivity index (χ0n) is 36.4. The van der Waals surface area contributed by atoms with Gasteiger partial charge in [-0.25, -0.2) is 9.59 Å². The molecule has 7 rings (SSSR count). The molecular formula is C46H37N9O13S. The maximum absolute atomic E-state index is 12.9. The molecule has 0 radical (unpaired) electrons. The first-order valence-corrected chi connectivity index (χ1v) is 21.2. The summed E-state index contributed by atoms with van der Waals surface area (Å²) in [5.41, 5.74) is 7.95. The first kappa shape index (κ1) is 47.6. The number of methoxy groups -OCH3 is 3. The van der Waals surface area contributed by atoms with Gasteiger partial charge in [0, 0.05) is 16.8 Å². The van der Waals surface area contributed by atoms with Crippen LogP contribution in [0.3, 0.4) is 0 Å². The second-order valence-corrected chi connectivity index (χ2v) is 15.9. The van der Waals surface area contributed by atoms with E-state index in [0.29, 0.717) is 33.8 Å². The number of azo groups is 4. The summed E-state index contributed by atoms with van der Waals surface area (Å²) in [7, 11) is -0.940. The second-order valence-electron chi connectivity index (χ2n) is 14.5. The highest BCUT2D eigenvalue weighted by Crippen LogP contribution is 2.47. The van der Waals surface area contributed by atoms with Crippen molar-refractivity contribution in [1.82, 2.24) is 0 Å². The summed E-state index contributed by atoms with van der Waals surface area (Å²) < 4.78 is 52.7. The van der Waals surface area contributed by atoms with Crippen LogP contribution in [0.4, 0.5) is 51.2 Å². The molecule has 0 fully saturated rings. The molecule has 0 bridgehead atoms. The number of nitrogen functional groups attached to an aromatic ring is 1. The lowest BCUT2D eigenvalue weighted by Gasteiger charge is -2.12. The predicted molar refractivity (Wildman–Crippen MR) is 249 cm³/mol. The van der Waals surface area contributed by atoms with Gasteiger partial charge < -0.3 is 45.5 Å². The molecule has 22 nitrogen and oxygen atoms in total. The van der Waals surface area contributed by atoms with Gasteiger partial charge in [-0.1, -0.05) is 12.1 Å². The maximum Gasteiger partial charge on any atom is 0.339 e. The van der Waals surface area contributed by atoms with E-state index in [1.165, 1.54) is 75.9 Å². The Bertz CT molecular complexity index is 3470. The average Bonchev–Trinajstić information content (AvgIpc) is 3.32. The fourth-order valence-corrected chi connectivity index (χ4v) is 7.31. The predicted octanol–water partition coefficient (Wildman–Crippen LogP) is 11.8. The maximum atomic E-state index is 12.9. The third kappa shape index (κ3) is 10.2.